The molecule has 0 saturated carbocycles. The van der Waals surface area contributed by atoms with Gasteiger partial charge in [-0.1, -0.05) is 0 Å². The molecule has 0 radical (unpaired) electrons. The molecule has 2 N–H and O–H groups in total. The average Bonchev–Trinajstić information content (AvgIpc) is 2.83. The van der Waals surface area contributed by atoms with Crippen LogP contribution in [0.2, 0.25) is 0 Å². The summed E-state index contributed by atoms with van der Waals surface area (Å²) in [7, 11) is 0. The van der Waals surface area contributed by atoms with E-state index in [1.165, 1.54) is 12.2 Å². The fourth-order valence-corrected chi connectivity index (χ4v) is 2.42. The van der Waals surface area contributed by atoms with E-state index < -0.39 is 6.10 Å². The summed E-state index contributed by atoms with van der Waals surface area (Å²) in [6.07, 6.45) is 4.16. The molecule has 0 aromatic heterocycles. The zero-order chi connectivity index (χ0) is 13.3. The molecule has 0 spiro atoms. The van der Waals surface area contributed by atoms with Crippen molar-refractivity contribution in [3.63, 3.8) is 0 Å². The molecular weight excluding hydrogens is 232 g/mol. The average molecular weight is 250 g/mol. The van der Waals surface area contributed by atoms with Gasteiger partial charge in [-0.25, -0.2) is 0 Å². The van der Waals surface area contributed by atoms with Crippen molar-refractivity contribution in [3.8, 4) is 0 Å². The minimum absolute atomic E-state index is 0.0694. The summed E-state index contributed by atoms with van der Waals surface area (Å²) >= 11 is 0. The zero-order valence-electron chi connectivity index (χ0n) is 10.6. The molecule has 2 heterocycles. The fraction of sp³-hybridized carbons (Fsp3) is 0.538. The van der Waals surface area contributed by atoms with Crippen LogP contribution in [0.25, 0.3) is 0 Å². The first-order valence-corrected chi connectivity index (χ1v) is 6.19. The maximum absolute atomic E-state index is 11.9. The highest BCUT2D eigenvalue weighted by Gasteiger charge is 2.37. The normalized spacial score (nSPS) is 24.9. The van der Waals surface area contributed by atoms with Crippen LogP contribution in [-0.2, 0) is 9.59 Å². The number of rotatable bonds is 3. The highest BCUT2D eigenvalue weighted by Crippen LogP contribution is 2.27. The topological polar surface area (TPSA) is 69.6 Å². The van der Waals surface area contributed by atoms with Crippen molar-refractivity contribution in [2.24, 2.45) is 0 Å². The van der Waals surface area contributed by atoms with Gasteiger partial charge < -0.3 is 15.3 Å². The predicted molar refractivity (Wildman–Crippen MR) is 66.4 cm³/mol. The van der Waals surface area contributed by atoms with Crippen LogP contribution in [0, 0.1) is 0 Å². The molecule has 1 saturated heterocycles. The number of hydrogen-bond acceptors (Lipinski definition) is 4. The molecule has 2 rings (SSSR count). The SMILES string of the molecule is C/C(=C\C(C)O)C(=O)NC1=CC(=O)[C@H]2CCCN12. The number of nitrogens with one attached hydrogen (secondary N) is 1. The van der Waals surface area contributed by atoms with Crippen molar-refractivity contribution in [3.05, 3.63) is 23.5 Å². The molecule has 98 valence electrons. The van der Waals surface area contributed by atoms with Gasteiger partial charge in [0.1, 0.15) is 5.82 Å². The number of hydrogen-bond donors (Lipinski definition) is 2. The van der Waals surface area contributed by atoms with Crippen molar-refractivity contribution >= 4 is 11.7 Å². The highest BCUT2D eigenvalue weighted by atomic mass is 16.3. The Bertz CT molecular complexity index is 438. The Balaban J connectivity index is 2.04. The smallest absolute Gasteiger partial charge is 0.252 e. The lowest BCUT2D eigenvalue weighted by molar-refractivity contribution is -0.118. The van der Waals surface area contributed by atoms with E-state index in [1.54, 1.807) is 13.8 Å². The van der Waals surface area contributed by atoms with Gasteiger partial charge in [-0.2, -0.15) is 0 Å². The lowest BCUT2D eigenvalue weighted by Gasteiger charge is -2.21. The monoisotopic (exact) mass is 250 g/mol. The van der Waals surface area contributed by atoms with E-state index in [-0.39, 0.29) is 17.7 Å². The summed E-state index contributed by atoms with van der Waals surface area (Å²) in [6.45, 7) is 4.04. The van der Waals surface area contributed by atoms with E-state index in [2.05, 4.69) is 5.32 Å². The van der Waals surface area contributed by atoms with E-state index in [4.69, 9.17) is 0 Å². The van der Waals surface area contributed by atoms with Crippen molar-refractivity contribution in [2.75, 3.05) is 6.54 Å². The van der Waals surface area contributed by atoms with E-state index >= 15 is 0 Å². The Morgan fingerprint density at radius 3 is 3.06 bits per heavy atom. The lowest BCUT2D eigenvalue weighted by Crippen LogP contribution is -2.35. The third-order valence-electron chi connectivity index (χ3n) is 3.26. The molecule has 1 unspecified atom stereocenters. The van der Waals surface area contributed by atoms with Crippen LogP contribution in [0.5, 0.6) is 0 Å². The van der Waals surface area contributed by atoms with Crippen molar-refractivity contribution < 1.29 is 14.7 Å². The van der Waals surface area contributed by atoms with E-state index in [0.717, 1.165) is 19.4 Å². The van der Waals surface area contributed by atoms with Crippen LogP contribution in [0.3, 0.4) is 0 Å². The van der Waals surface area contributed by atoms with Gasteiger partial charge in [0.05, 0.1) is 12.1 Å². The molecule has 5 heteroatoms. The maximum atomic E-state index is 11.9. The molecule has 1 fully saturated rings. The van der Waals surface area contributed by atoms with Crippen molar-refractivity contribution in [1.29, 1.82) is 0 Å². The van der Waals surface area contributed by atoms with Crippen LogP contribution in [-0.4, -0.2) is 40.4 Å². The van der Waals surface area contributed by atoms with Gasteiger partial charge in [0, 0.05) is 18.2 Å². The summed E-state index contributed by atoms with van der Waals surface area (Å²) in [4.78, 5) is 25.5. The molecule has 5 nitrogen and oxygen atoms in total. The number of aliphatic hydroxyl groups is 1. The minimum Gasteiger partial charge on any atom is -0.389 e. The Kier molecular flexibility index (Phi) is 3.52. The number of nitrogens with zero attached hydrogens (tertiary/aromatic N) is 1. The first kappa shape index (κ1) is 12.8. The Morgan fingerprint density at radius 2 is 2.39 bits per heavy atom. The first-order chi connectivity index (χ1) is 8.49. The number of ketones is 1. The Hall–Kier alpha value is -1.62. The summed E-state index contributed by atoms with van der Waals surface area (Å²) in [5.74, 6) is 0.383. The van der Waals surface area contributed by atoms with Crippen molar-refractivity contribution in [2.45, 2.75) is 38.8 Å². The summed E-state index contributed by atoms with van der Waals surface area (Å²) < 4.78 is 0. The molecule has 0 aliphatic carbocycles. The lowest BCUT2D eigenvalue weighted by atomic mass is 10.2. The number of fused-ring (bicyclic) bond motifs is 1. The molecule has 0 aromatic carbocycles. The van der Waals surface area contributed by atoms with Crippen LogP contribution in [0.15, 0.2) is 23.5 Å². The highest BCUT2D eigenvalue weighted by molar-refractivity contribution is 6.00. The fourth-order valence-electron chi connectivity index (χ4n) is 2.42. The van der Waals surface area contributed by atoms with Gasteiger partial charge in [0.2, 0.25) is 0 Å². The molecule has 2 aliphatic rings. The summed E-state index contributed by atoms with van der Waals surface area (Å²) in [5.41, 5.74) is 0.445. The third kappa shape index (κ3) is 2.46. The number of carbonyl (C=O) groups excluding carboxylic acids is 2. The number of amides is 1. The Labute approximate surface area is 106 Å². The predicted octanol–water partition coefficient (Wildman–Crippen LogP) is 0.318. The Morgan fingerprint density at radius 1 is 1.67 bits per heavy atom. The molecule has 2 aliphatic heterocycles. The van der Waals surface area contributed by atoms with E-state index in [1.807, 2.05) is 4.90 Å². The largest absolute Gasteiger partial charge is 0.389 e. The summed E-state index contributed by atoms with van der Waals surface area (Å²) in [6, 6.07) is -0.0821. The van der Waals surface area contributed by atoms with Gasteiger partial charge in [0.15, 0.2) is 5.78 Å². The zero-order valence-corrected chi connectivity index (χ0v) is 10.6. The second kappa shape index (κ2) is 4.94. The van der Waals surface area contributed by atoms with Crippen LogP contribution in [0.1, 0.15) is 26.7 Å². The van der Waals surface area contributed by atoms with Gasteiger partial charge in [-0.15, -0.1) is 0 Å². The quantitative estimate of drug-likeness (QED) is 0.708. The minimum atomic E-state index is -0.658. The van der Waals surface area contributed by atoms with Crippen LogP contribution >= 0.6 is 0 Å². The third-order valence-corrected chi connectivity index (χ3v) is 3.26. The summed E-state index contributed by atoms with van der Waals surface area (Å²) in [5, 5.41) is 11.9. The first-order valence-electron chi connectivity index (χ1n) is 6.19. The van der Waals surface area contributed by atoms with Gasteiger partial charge >= 0.3 is 0 Å². The number of aliphatic hydroxyl groups excluding tert-OH is 1. The maximum Gasteiger partial charge on any atom is 0.252 e. The molecule has 18 heavy (non-hydrogen) atoms. The molecule has 0 bridgehead atoms. The van der Waals surface area contributed by atoms with Gasteiger partial charge in [-0.05, 0) is 32.8 Å². The van der Waals surface area contributed by atoms with Crippen LogP contribution in [0.4, 0.5) is 0 Å². The van der Waals surface area contributed by atoms with E-state index in [0.29, 0.717) is 11.4 Å². The molecular formula is C13H18N2O3. The van der Waals surface area contributed by atoms with E-state index in [9.17, 15) is 14.7 Å². The molecule has 2 atom stereocenters. The second-order valence-corrected chi connectivity index (χ2v) is 4.83. The second-order valence-electron chi connectivity index (χ2n) is 4.83. The van der Waals surface area contributed by atoms with Crippen molar-refractivity contribution in [1.82, 2.24) is 10.2 Å². The molecule has 1 amide bonds. The van der Waals surface area contributed by atoms with Gasteiger partial charge in [0.25, 0.3) is 5.91 Å². The van der Waals surface area contributed by atoms with Gasteiger partial charge in [-0.3, -0.25) is 9.59 Å². The number of carbonyl (C=O) groups is 2. The molecule has 0 aromatic rings. The standard InChI is InChI=1S/C13H18N2O3/c1-8(6-9(2)16)13(18)14-12-7-11(17)10-4-3-5-15(10)12/h6-7,9-10,16H,3-5H2,1-2H3,(H,14,18)/b8-6+/t9?,10-/m1/s1. The van der Waals surface area contributed by atoms with Crippen LogP contribution < -0.4 is 5.32 Å².